The van der Waals surface area contributed by atoms with Crippen LogP contribution in [0.5, 0.6) is 0 Å². The van der Waals surface area contributed by atoms with Gasteiger partial charge in [0.15, 0.2) is 0 Å². The van der Waals surface area contributed by atoms with Crippen molar-refractivity contribution in [1.82, 2.24) is 20.6 Å². The third-order valence-electron chi connectivity index (χ3n) is 6.14. The van der Waals surface area contributed by atoms with E-state index < -0.39 is 0 Å². The molecule has 0 unspecified atom stereocenters. The summed E-state index contributed by atoms with van der Waals surface area (Å²) < 4.78 is 5.96. The fourth-order valence-electron chi connectivity index (χ4n) is 4.61. The summed E-state index contributed by atoms with van der Waals surface area (Å²) in [6.07, 6.45) is 3.98. The first-order valence-electron chi connectivity index (χ1n) is 11.2. The number of ether oxygens (including phenoxy) is 1. The van der Waals surface area contributed by atoms with Gasteiger partial charge < -0.3 is 15.4 Å². The van der Waals surface area contributed by atoms with Crippen molar-refractivity contribution in [3.05, 3.63) is 58.7 Å². The maximum absolute atomic E-state index is 13.0. The number of carbonyl (C=O) groups is 2. The third-order valence-corrected chi connectivity index (χ3v) is 6.14. The molecule has 0 radical (unpaired) electrons. The summed E-state index contributed by atoms with van der Waals surface area (Å²) in [6.45, 7) is 9.06. The Morgan fingerprint density at radius 3 is 2.53 bits per heavy atom. The first kappa shape index (κ1) is 23.9. The van der Waals surface area contributed by atoms with Crippen LogP contribution in [0.25, 0.3) is 0 Å². The zero-order valence-electron chi connectivity index (χ0n) is 19.7. The average Bonchev–Trinajstić information content (AvgIpc) is 2.73. The Balaban J connectivity index is 1.71. The predicted octanol–water partition coefficient (Wildman–Crippen LogP) is 3.03. The van der Waals surface area contributed by atoms with Crippen LogP contribution in [0.1, 0.15) is 66.1 Å². The molecular weight excluding hydrogens is 404 g/mol. The van der Waals surface area contributed by atoms with Crippen molar-refractivity contribution < 1.29 is 14.3 Å². The molecule has 1 aliphatic rings. The number of amides is 2. The highest BCUT2D eigenvalue weighted by molar-refractivity contribution is 5.94. The molecule has 1 aliphatic heterocycles. The van der Waals surface area contributed by atoms with E-state index in [-0.39, 0.29) is 22.8 Å². The summed E-state index contributed by atoms with van der Waals surface area (Å²) in [4.78, 5) is 33.7. The Bertz CT molecular complexity index is 972. The fourth-order valence-corrected chi connectivity index (χ4v) is 4.61. The average molecular weight is 439 g/mol. The van der Waals surface area contributed by atoms with Gasteiger partial charge in [0.25, 0.3) is 5.91 Å². The van der Waals surface area contributed by atoms with E-state index >= 15 is 0 Å². The molecule has 7 heteroatoms. The molecule has 0 aliphatic carbocycles. The molecule has 1 aromatic heterocycles. The minimum atomic E-state index is -0.287. The molecule has 2 aromatic rings. The van der Waals surface area contributed by atoms with Crippen LogP contribution in [-0.4, -0.2) is 47.6 Å². The van der Waals surface area contributed by atoms with Crippen LogP contribution >= 0.6 is 0 Å². The second-order valence-corrected chi connectivity index (χ2v) is 9.31. The Morgan fingerprint density at radius 2 is 1.88 bits per heavy atom. The number of carbonyl (C=O) groups excluding carboxylic acids is 2. The van der Waals surface area contributed by atoms with Crippen molar-refractivity contribution >= 4 is 11.8 Å². The van der Waals surface area contributed by atoms with Crippen molar-refractivity contribution in [3.8, 4) is 0 Å². The van der Waals surface area contributed by atoms with E-state index in [2.05, 4.69) is 65.6 Å². The number of hydrogen-bond donors (Lipinski definition) is 2. The number of hydrogen-bond acceptors (Lipinski definition) is 5. The lowest BCUT2D eigenvalue weighted by Crippen LogP contribution is -2.46. The maximum atomic E-state index is 13.0. The summed E-state index contributed by atoms with van der Waals surface area (Å²) in [5.74, 6) is 0.367. The van der Waals surface area contributed by atoms with Crippen molar-refractivity contribution in [1.29, 1.82) is 0 Å². The fraction of sp³-hybridized carbons (Fsp3) is 0.520. The lowest BCUT2D eigenvalue weighted by atomic mass is 9.67. The van der Waals surface area contributed by atoms with Gasteiger partial charge in [0.05, 0.1) is 16.9 Å². The normalized spacial score (nSPS) is 19.9. The van der Waals surface area contributed by atoms with Crippen LogP contribution in [0.4, 0.5) is 0 Å². The van der Waals surface area contributed by atoms with Gasteiger partial charge in [-0.25, -0.2) is 9.97 Å². The van der Waals surface area contributed by atoms with E-state index in [0.29, 0.717) is 43.1 Å². The van der Waals surface area contributed by atoms with Gasteiger partial charge in [0.1, 0.15) is 5.82 Å². The van der Waals surface area contributed by atoms with E-state index in [9.17, 15) is 9.59 Å². The molecule has 1 aromatic carbocycles. The first-order valence-corrected chi connectivity index (χ1v) is 11.2. The second-order valence-electron chi connectivity index (χ2n) is 9.31. The van der Waals surface area contributed by atoms with E-state index in [1.54, 1.807) is 14.0 Å². The van der Waals surface area contributed by atoms with Crippen molar-refractivity contribution in [2.75, 3.05) is 20.2 Å². The molecule has 7 nitrogen and oxygen atoms in total. The van der Waals surface area contributed by atoms with E-state index in [1.807, 2.05) is 0 Å². The van der Waals surface area contributed by atoms with Crippen LogP contribution in [0.3, 0.4) is 0 Å². The summed E-state index contributed by atoms with van der Waals surface area (Å²) >= 11 is 0. The molecule has 1 saturated heterocycles. The Labute approximate surface area is 190 Å². The molecular formula is C25H34N4O3. The van der Waals surface area contributed by atoms with Crippen molar-refractivity contribution in [2.45, 2.75) is 64.4 Å². The summed E-state index contributed by atoms with van der Waals surface area (Å²) in [5.41, 5.74) is 2.91. The smallest absolute Gasteiger partial charge is 0.254 e. The molecule has 2 amide bonds. The highest BCUT2D eigenvalue weighted by atomic mass is 16.5. The third kappa shape index (κ3) is 5.71. The van der Waals surface area contributed by atoms with Gasteiger partial charge in [-0.1, -0.05) is 29.8 Å². The van der Waals surface area contributed by atoms with E-state index in [4.69, 9.17) is 4.74 Å². The van der Waals surface area contributed by atoms with Crippen LogP contribution in [-0.2, 0) is 21.4 Å². The topological polar surface area (TPSA) is 93.2 Å². The summed E-state index contributed by atoms with van der Waals surface area (Å²) in [7, 11) is 1.58. The summed E-state index contributed by atoms with van der Waals surface area (Å²) in [6, 6.07) is 8.50. The minimum Gasteiger partial charge on any atom is -0.376 e. The number of aromatic nitrogens is 2. The molecule has 1 fully saturated rings. The molecule has 2 heterocycles. The molecule has 0 saturated carbocycles. The monoisotopic (exact) mass is 438 g/mol. The highest BCUT2D eigenvalue weighted by Crippen LogP contribution is 2.44. The van der Waals surface area contributed by atoms with Gasteiger partial charge in [-0.3, -0.25) is 9.59 Å². The van der Waals surface area contributed by atoms with Crippen LogP contribution in [0.15, 0.2) is 30.5 Å². The quantitative estimate of drug-likeness (QED) is 0.693. The number of rotatable bonds is 7. The van der Waals surface area contributed by atoms with Gasteiger partial charge in [-0.15, -0.1) is 0 Å². The largest absolute Gasteiger partial charge is 0.376 e. The number of benzene rings is 1. The lowest BCUT2D eigenvalue weighted by molar-refractivity contribution is -0.126. The van der Waals surface area contributed by atoms with Gasteiger partial charge in [-0.05, 0) is 46.1 Å². The molecule has 172 valence electrons. The Morgan fingerprint density at radius 1 is 1.16 bits per heavy atom. The zero-order valence-corrected chi connectivity index (χ0v) is 19.7. The minimum absolute atomic E-state index is 0.00412. The highest BCUT2D eigenvalue weighted by Gasteiger charge is 2.43. The van der Waals surface area contributed by atoms with Gasteiger partial charge in [0.2, 0.25) is 5.91 Å². The number of nitrogens with one attached hydrogen (secondary N) is 2. The predicted molar refractivity (Wildman–Crippen MR) is 124 cm³/mol. The SMILES string of the molecule is CNC(=O)c1cnc(C)nc1CCNC(=O)C[C@@]1(c2ccc(C)cc2)CCOC(C)(C)C1. The molecule has 32 heavy (non-hydrogen) atoms. The standard InChI is InChI=1S/C25H34N4O3/c1-17-6-8-19(9-7-17)25(11-13-32-24(3,4)16-25)14-22(30)27-12-10-21-20(23(31)26-5)15-28-18(2)29-21/h6-9,15H,10-14,16H2,1-5H3,(H,26,31)(H,27,30)/t25-/m0/s1. The molecule has 3 rings (SSSR count). The maximum Gasteiger partial charge on any atom is 0.254 e. The molecule has 0 bridgehead atoms. The van der Waals surface area contributed by atoms with Crippen LogP contribution in [0, 0.1) is 13.8 Å². The second kappa shape index (κ2) is 9.77. The van der Waals surface area contributed by atoms with E-state index in [0.717, 1.165) is 12.8 Å². The van der Waals surface area contributed by atoms with Crippen molar-refractivity contribution in [2.24, 2.45) is 0 Å². The van der Waals surface area contributed by atoms with Crippen molar-refractivity contribution in [3.63, 3.8) is 0 Å². The van der Waals surface area contributed by atoms with Gasteiger partial charge in [-0.2, -0.15) is 0 Å². The molecule has 0 spiro atoms. The Hall–Kier alpha value is -2.80. The lowest BCUT2D eigenvalue weighted by Gasteiger charge is -2.45. The summed E-state index contributed by atoms with van der Waals surface area (Å²) in [5, 5.41) is 5.65. The van der Waals surface area contributed by atoms with E-state index in [1.165, 1.54) is 17.3 Å². The number of nitrogens with zero attached hydrogens (tertiary/aromatic N) is 2. The number of aryl methyl sites for hydroxylation is 2. The van der Waals surface area contributed by atoms with Crippen LogP contribution in [0.2, 0.25) is 0 Å². The van der Waals surface area contributed by atoms with Gasteiger partial charge >= 0.3 is 0 Å². The van der Waals surface area contributed by atoms with Gasteiger partial charge in [0, 0.05) is 44.7 Å². The first-order chi connectivity index (χ1) is 15.1. The molecule has 1 atom stereocenters. The molecule has 2 N–H and O–H groups in total. The zero-order chi connectivity index (χ0) is 23.4. The van der Waals surface area contributed by atoms with Crippen LogP contribution < -0.4 is 10.6 Å². The Kier molecular flexibility index (Phi) is 7.29.